The molecule has 0 fully saturated rings. The van der Waals surface area contributed by atoms with Gasteiger partial charge in [-0.3, -0.25) is 4.79 Å². The molecule has 0 aliphatic heterocycles. The van der Waals surface area contributed by atoms with E-state index < -0.39 is 14.4 Å². The predicted molar refractivity (Wildman–Crippen MR) is 179 cm³/mol. The highest BCUT2D eigenvalue weighted by molar-refractivity contribution is 9.11. The van der Waals surface area contributed by atoms with Crippen LogP contribution in [0.1, 0.15) is 75.2 Å². The van der Waals surface area contributed by atoms with Gasteiger partial charge in [0, 0.05) is 19.0 Å². The number of aldehydes is 1. The van der Waals surface area contributed by atoms with Crippen LogP contribution in [0.3, 0.4) is 0 Å². The molecule has 0 amide bonds. The summed E-state index contributed by atoms with van der Waals surface area (Å²) in [7, 11) is -1.55. The minimum absolute atomic E-state index is 0.110. The normalized spacial score (nSPS) is 13.3. The monoisotopic (exact) mass is 740 g/mol. The van der Waals surface area contributed by atoms with E-state index in [0.717, 1.165) is 25.3 Å². The van der Waals surface area contributed by atoms with Crippen molar-refractivity contribution in [2.45, 2.75) is 73.4 Å². The van der Waals surface area contributed by atoms with Crippen molar-refractivity contribution in [3.8, 4) is 0 Å². The zero-order valence-corrected chi connectivity index (χ0v) is 30.3. The van der Waals surface area contributed by atoms with Crippen LogP contribution in [0.4, 0.5) is 0 Å². The Kier molecular flexibility index (Phi) is 14.5. The molecule has 2 atom stereocenters. The van der Waals surface area contributed by atoms with Crippen LogP contribution in [-0.4, -0.2) is 19.7 Å². The predicted octanol–water partition coefficient (Wildman–Crippen LogP) is 11.2. The fourth-order valence-electron chi connectivity index (χ4n) is 3.52. The van der Waals surface area contributed by atoms with Gasteiger partial charge in [0.2, 0.25) is 0 Å². The number of halogens is 3. The van der Waals surface area contributed by atoms with Gasteiger partial charge < -0.3 is 9.53 Å². The molecule has 39 heavy (non-hydrogen) atoms. The smallest absolute Gasteiger partial charge is 0.184 e. The van der Waals surface area contributed by atoms with Crippen molar-refractivity contribution < 1.29 is 14.3 Å². The van der Waals surface area contributed by atoms with Gasteiger partial charge in [0.25, 0.3) is 0 Å². The average Bonchev–Trinajstić information content (AvgIpc) is 2.81. The number of hydrogen-bond donors (Lipinski definition) is 1. The summed E-state index contributed by atoms with van der Waals surface area (Å²) in [6.45, 7) is 19.5. The van der Waals surface area contributed by atoms with Crippen molar-refractivity contribution in [1.29, 1.82) is 0 Å². The van der Waals surface area contributed by atoms with Crippen LogP contribution in [0.25, 0.3) is 0 Å². The van der Waals surface area contributed by atoms with Crippen molar-refractivity contribution in [3.63, 3.8) is 0 Å². The van der Waals surface area contributed by atoms with Crippen molar-refractivity contribution in [3.05, 3.63) is 103 Å². The molecule has 3 nitrogen and oxygen atoms in total. The third-order valence-electron chi connectivity index (χ3n) is 5.38. The number of carbonyl (C=O) groups excluding carboxylic acids is 1. The summed E-state index contributed by atoms with van der Waals surface area (Å²) in [5, 5.41) is 9.96. The van der Waals surface area contributed by atoms with E-state index in [2.05, 4.69) is 112 Å². The molecule has 3 aromatic rings. The summed E-state index contributed by atoms with van der Waals surface area (Å²) in [5.41, 5.74) is 2.92. The Morgan fingerprint density at radius 3 is 1.51 bits per heavy atom. The van der Waals surface area contributed by atoms with E-state index >= 15 is 0 Å². The van der Waals surface area contributed by atoms with Crippen LogP contribution in [0.2, 0.25) is 19.6 Å². The highest BCUT2D eigenvalue weighted by atomic mass is 79.9. The third-order valence-corrected chi connectivity index (χ3v) is 7.80. The Morgan fingerprint density at radius 2 is 1.15 bits per heavy atom. The van der Waals surface area contributed by atoms with E-state index in [-0.39, 0.29) is 16.9 Å². The van der Waals surface area contributed by atoms with E-state index in [9.17, 15) is 9.90 Å². The topological polar surface area (TPSA) is 46.5 Å². The molecule has 0 aliphatic rings. The van der Waals surface area contributed by atoms with Crippen molar-refractivity contribution in [2.75, 3.05) is 0 Å². The summed E-state index contributed by atoms with van der Waals surface area (Å²) in [4.78, 5) is 10.1. The summed E-state index contributed by atoms with van der Waals surface area (Å²) in [5.74, 6) is 0. The molecule has 0 spiro atoms. The van der Waals surface area contributed by atoms with E-state index in [4.69, 9.17) is 4.43 Å². The van der Waals surface area contributed by atoms with Crippen LogP contribution in [0.5, 0.6) is 0 Å². The maximum atomic E-state index is 10.1. The first-order valence-electron chi connectivity index (χ1n) is 12.9. The number of rotatable bonds is 5. The number of hydrogen-bond acceptors (Lipinski definition) is 3. The van der Waals surface area contributed by atoms with Crippen molar-refractivity contribution in [2.24, 2.45) is 10.8 Å². The zero-order chi connectivity index (χ0) is 30.0. The molecule has 0 aliphatic carbocycles. The second-order valence-electron chi connectivity index (χ2n) is 12.5. The fraction of sp³-hybridized carbons (Fsp3) is 0.406. The molecule has 1 N–H and O–H groups in total. The van der Waals surface area contributed by atoms with Crippen LogP contribution in [0.15, 0.2) is 86.2 Å². The molecular formula is C32H43Br3O3Si. The van der Waals surface area contributed by atoms with Gasteiger partial charge >= 0.3 is 0 Å². The Morgan fingerprint density at radius 1 is 0.718 bits per heavy atom. The van der Waals surface area contributed by atoms with Crippen LogP contribution in [-0.2, 0) is 4.43 Å². The molecule has 2 unspecified atom stereocenters. The molecule has 0 bridgehead atoms. The summed E-state index contributed by atoms with van der Waals surface area (Å²) in [6, 6.07) is 23.5. The van der Waals surface area contributed by atoms with E-state index in [1.807, 2.05) is 57.2 Å². The van der Waals surface area contributed by atoms with Crippen LogP contribution in [0, 0.1) is 10.8 Å². The number of aliphatic hydroxyl groups excluding tert-OH is 1. The molecule has 3 rings (SSSR count). The quantitative estimate of drug-likeness (QED) is 0.209. The summed E-state index contributed by atoms with van der Waals surface area (Å²) >= 11 is 10.2. The fourth-order valence-corrected chi connectivity index (χ4v) is 5.97. The molecule has 3 aromatic carbocycles. The third kappa shape index (κ3) is 14.4. The maximum Gasteiger partial charge on any atom is 0.184 e. The standard InChI is InChI=1S/C14H23BrOSi.C11H15BrO.C7H5BrO/c1-14(2,3)13(16-17(4,5)6)11-8-7-9-12(15)10-11;1-11(2,3)10(13)8-5-4-6-9(12)7-8;8-7-3-1-2-6(4-7)5-9/h7-10,13H,1-6H3;4-7,10,13H,1-3H3;1-5H. The van der Waals surface area contributed by atoms with Gasteiger partial charge in [0.05, 0.1) is 12.2 Å². The van der Waals surface area contributed by atoms with Gasteiger partial charge in [-0.25, -0.2) is 0 Å². The maximum absolute atomic E-state index is 10.1. The Balaban J connectivity index is 0.000000307. The molecule has 0 aromatic heterocycles. The van der Waals surface area contributed by atoms with Crippen LogP contribution >= 0.6 is 47.8 Å². The number of carbonyl (C=O) groups is 1. The molecule has 214 valence electrons. The van der Waals surface area contributed by atoms with E-state index in [0.29, 0.717) is 5.56 Å². The van der Waals surface area contributed by atoms with Gasteiger partial charge in [0.15, 0.2) is 8.32 Å². The molecule has 0 heterocycles. The minimum Gasteiger partial charge on any atom is -0.410 e. The Labute approximate surface area is 262 Å². The molecule has 0 saturated carbocycles. The minimum atomic E-state index is -1.55. The van der Waals surface area contributed by atoms with Gasteiger partial charge in [-0.05, 0) is 78.0 Å². The largest absolute Gasteiger partial charge is 0.410 e. The Bertz CT molecular complexity index is 1180. The first kappa shape index (κ1) is 35.9. The molecule has 0 radical (unpaired) electrons. The van der Waals surface area contributed by atoms with E-state index in [1.54, 1.807) is 12.1 Å². The highest BCUT2D eigenvalue weighted by Crippen LogP contribution is 2.39. The summed E-state index contributed by atoms with van der Waals surface area (Å²) < 4.78 is 9.42. The molecule has 7 heteroatoms. The first-order valence-corrected chi connectivity index (χ1v) is 18.7. The molecular weight excluding hydrogens is 700 g/mol. The lowest BCUT2D eigenvalue weighted by molar-refractivity contribution is 0.0626. The van der Waals surface area contributed by atoms with Gasteiger partial charge in [-0.1, -0.05) is 126 Å². The lowest BCUT2D eigenvalue weighted by Gasteiger charge is -2.36. The van der Waals surface area contributed by atoms with Crippen molar-refractivity contribution in [1.82, 2.24) is 0 Å². The van der Waals surface area contributed by atoms with Gasteiger partial charge in [-0.15, -0.1) is 0 Å². The lowest BCUT2D eigenvalue weighted by atomic mass is 9.85. The van der Waals surface area contributed by atoms with E-state index in [1.165, 1.54) is 5.56 Å². The SMILES string of the molecule is CC(C)(C)C(O)c1cccc(Br)c1.CC(C)(C)C(O[Si](C)(C)C)c1cccc(Br)c1.O=Cc1cccc(Br)c1. The second-order valence-corrected chi connectivity index (χ2v) is 19.7. The molecule has 0 saturated heterocycles. The highest BCUT2D eigenvalue weighted by Gasteiger charge is 2.31. The van der Waals surface area contributed by atoms with Gasteiger partial charge in [0.1, 0.15) is 6.29 Å². The van der Waals surface area contributed by atoms with Crippen LogP contribution < -0.4 is 0 Å². The van der Waals surface area contributed by atoms with Gasteiger partial charge in [-0.2, -0.15) is 0 Å². The average molecular weight is 743 g/mol. The first-order chi connectivity index (χ1) is 17.8. The lowest BCUT2D eigenvalue weighted by Crippen LogP contribution is -2.33. The van der Waals surface area contributed by atoms with Crippen molar-refractivity contribution >= 4 is 62.4 Å². The summed E-state index contributed by atoms with van der Waals surface area (Å²) in [6.07, 6.45) is 0.571. The zero-order valence-electron chi connectivity index (χ0n) is 24.6. The number of benzene rings is 3. The number of aliphatic hydroxyl groups is 1. The second kappa shape index (κ2) is 15.8. The Hall–Kier alpha value is -1.09.